The van der Waals surface area contributed by atoms with Gasteiger partial charge >= 0.3 is 0 Å². The minimum atomic E-state index is 0.402. The van der Waals surface area contributed by atoms with Crippen LogP contribution in [-0.2, 0) is 0 Å². The lowest BCUT2D eigenvalue weighted by Crippen LogP contribution is -2.08. The molecule has 2 rings (SSSR count). The van der Waals surface area contributed by atoms with Crippen molar-refractivity contribution in [3.05, 3.63) is 29.3 Å². The van der Waals surface area contributed by atoms with E-state index in [0.29, 0.717) is 6.54 Å². The second kappa shape index (κ2) is 6.47. The van der Waals surface area contributed by atoms with Gasteiger partial charge in [-0.05, 0) is 49.4 Å². The number of ether oxygens (including phenoxy) is 1. The first-order chi connectivity index (χ1) is 8.79. The first-order valence-electron chi connectivity index (χ1n) is 6.72. The third kappa shape index (κ3) is 3.51. The van der Waals surface area contributed by atoms with Crippen LogP contribution in [0.4, 0.5) is 0 Å². The zero-order chi connectivity index (χ0) is 12.8. The van der Waals surface area contributed by atoms with E-state index in [9.17, 15) is 0 Å². The predicted octanol–water partition coefficient (Wildman–Crippen LogP) is 2.87. The second-order valence-electron chi connectivity index (χ2n) is 4.94. The van der Waals surface area contributed by atoms with E-state index < -0.39 is 0 Å². The maximum Gasteiger partial charge on any atom is 0.119 e. The van der Waals surface area contributed by atoms with Gasteiger partial charge in [-0.25, -0.2) is 0 Å². The van der Waals surface area contributed by atoms with Gasteiger partial charge in [-0.3, -0.25) is 0 Å². The number of aryl methyl sites for hydroxylation is 1. The van der Waals surface area contributed by atoms with E-state index in [1.165, 1.54) is 25.7 Å². The highest BCUT2D eigenvalue weighted by atomic mass is 16.5. The summed E-state index contributed by atoms with van der Waals surface area (Å²) < 4.78 is 5.86. The van der Waals surface area contributed by atoms with Crippen molar-refractivity contribution >= 4 is 0 Å². The molecule has 1 fully saturated rings. The number of nitrogens with two attached hydrogens (primary N) is 1. The minimum absolute atomic E-state index is 0.402. The lowest BCUT2D eigenvalue weighted by Gasteiger charge is -2.12. The first-order valence-corrected chi connectivity index (χ1v) is 6.72. The normalized spacial score (nSPS) is 15.2. The van der Waals surface area contributed by atoms with Crippen LogP contribution >= 0.6 is 0 Å². The van der Waals surface area contributed by atoms with Crippen molar-refractivity contribution in [3.63, 3.8) is 0 Å². The van der Waals surface area contributed by atoms with E-state index in [1.54, 1.807) is 0 Å². The summed E-state index contributed by atoms with van der Waals surface area (Å²) in [5.41, 5.74) is 7.56. The predicted molar refractivity (Wildman–Crippen MR) is 74.6 cm³/mol. The van der Waals surface area contributed by atoms with E-state index in [2.05, 4.69) is 24.8 Å². The molecular weight excluding hydrogens is 222 g/mol. The standard InChI is InChI=1S/C16H21NO/c1-13-11-16(9-8-15(13)7-4-10-17)18-12-14-5-2-3-6-14/h8-9,11,14H,2-3,5-6,10,12,17H2,1H3. The maximum absolute atomic E-state index is 5.86. The van der Waals surface area contributed by atoms with Crippen molar-refractivity contribution in [1.29, 1.82) is 0 Å². The van der Waals surface area contributed by atoms with Gasteiger partial charge in [0.1, 0.15) is 5.75 Å². The highest BCUT2D eigenvalue weighted by Crippen LogP contribution is 2.26. The molecular formula is C16H21NO. The highest BCUT2D eigenvalue weighted by Gasteiger charge is 2.15. The SMILES string of the molecule is Cc1cc(OCC2CCCC2)ccc1C#CCN. The van der Waals surface area contributed by atoms with Crippen LogP contribution in [0.5, 0.6) is 5.75 Å². The summed E-state index contributed by atoms with van der Waals surface area (Å²) in [6.07, 6.45) is 5.36. The summed E-state index contributed by atoms with van der Waals surface area (Å²) in [6, 6.07) is 6.08. The van der Waals surface area contributed by atoms with Crippen LogP contribution in [-0.4, -0.2) is 13.2 Å². The Labute approximate surface area is 110 Å². The molecule has 1 aromatic carbocycles. The van der Waals surface area contributed by atoms with Gasteiger partial charge in [-0.2, -0.15) is 0 Å². The van der Waals surface area contributed by atoms with Crippen LogP contribution in [0.2, 0.25) is 0 Å². The first kappa shape index (κ1) is 13.0. The topological polar surface area (TPSA) is 35.2 Å². The van der Waals surface area contributed by atoms with Gasteiger partial charge in [0.05, 0.1) is 13.2 Å². The van der Waals surface area contributed by atoms with Crippen molar-refractivity contribution in [2.24, 2.45) is 11.7 Å². The van der Waals surface area contributed by atoms with Crippen molar-refractivity contribution < 1.29 is 4.74 Å². The quantitative estimate of drug-likeness (QED) is 0.828. The molecule has 0 spiro atoms. The summed E-state index contributed by atoms with van der Waals surface area (Å²) in [6.45, 7) is 3.32. The summed E-state index contributed by atoms with van der Waals surface area (Å²) in [7, 11) is 0. The molecule has 2 N–H and O–H groups in total. The smallest absolute Gasteiger partial charge is 0.119 e. The Morgan fingerprint density at radius 2 is 2.11 bits per heavy atom. The molecule has 0 aliphatic heterocycles. The number of hydrogen-bond donors (Lipinski definition) is 1. The molecule has 0 amide bonds. The van der Waals surface area contributed by atoms with Crippen LogP contribution in [0.3, 0.4) is 0 Å². The van der Waals surface area contributed by atoms with E-state index in [0.717, 1.165) is 29.4 Å². The van der Waals surface area contributed by atoms with Crippen LogP contribution < -0.4 is 10.5 Å². The van der Waals surface area contributed by atoms with Crippen molar-refractivity contribution in [1.82, 2.24) is 0 Å². The van der Waals surface area contributed by atoms with Gasteiger partial charge in [-0.15, -0.1) is 0 Å². The summed E-state index contributed by atoms with van der Waals surface area (Å²) >= 11 is 0. The fourth-order valence-corrected chi connectivity index (χ4v) is 2.40. The molecule has 2 nitrogen and oxygen atoms in total. The Bertz CT molecular complexity index is 450. The largest absolute Gasteiger partial charge is 0.493 e. The van der Waals surface area contributed by atoms with Crippen molar-refractivity contribution in [2.45, 2.75) is 32.6 Å². The van der Waals surface area contributed by atoms with E-state index in [4.69, 9.17) is 10.5 Å². The third-order valence-electron chi connectivity index (χ3n) is 3.48. The molecule has 0 aromatic heterocycles. The maximum atomic E-state index is 5.86. The van der Waals surface area contributed by atoms with E-state index >= 15 is 0 Å². The molecule has 96 valence electrons. The molecule has 0 heterocycles. The van der Waals surface area contributed by atoms with Crippen LogP contribution in [0.1, 0.15) is 36.8 Å². The summed E-state index contributed by atoms with van der Waals surface area (Å²) in [4.78, 5) is 0. The Hall–Kier alpha value is -1.46. The molecule has 1 saturated carbocycles. The fraction of sp³-hybridized carbons (Fsp3) is 0.500. The van der Waals surface area contributed by atoms with Gasteiger partial charge < -0.3 is 10.5 Å². The fourth-order valence-electron chi connectivity index (χ4n) is 2.40. The van der Waals surface area contributed by atoms with E-state index in [1.807, 2.05) is 12.1 Å². The molecule has 0 radical (unpaired) electrons. The zero-order valence-electron chi connectivity index (χ0n) is 11.0. The van der Waals surface area contributed by atoms with Gasteiger partial charge in [0.2, 0.25) is 0 Å². The van der Waals surface area contributed by atoms with Crippen molar-refractivity contribution in [2.75, 3.05) is 13.2 Å². The number of benzene rings is 1. The Balaban J connectivity index is 1.95. The van der Waals surface area contributed by atoms with Gasteiger partial charge in [0.15, 0.2) is 0 Å². The van der Waals surface area contributed by atoms with Crippen molar-refractivity contribution in [3.8, 4) is 17.6 Å². The molecule has 1 aliphatic rings. The zero-order valence-corrected chi connectivity index (χ0v) is 11.0. The molecule has 0 bridgehead atoms. The average Bonchev–Trinajstić information content (AvgIpc) is 2.88. The lowest BCUT2D eigenvalue weighted by atomic mass is 10.1. The number of hydrogen-bond acceptors (Lipinski definition) is 2. The molecule has 0 unspecified atom stereocenters. The van der Waals surface area contributed by atoms with Crippen LogP contribution in [0.25, 0.3) is 0 Å². The molecule has 18 heavy (non-hydrogen) atoms. The Morgan fingerprint density at radius 1 is 1.33 bits per heavy atom. The molecule has 0 saturated heterocycles. The molecule has 1 aliphatic carbocycles. The Kier molecular flexibility index (Phi) is 4.66. The summed E-state index contributed by atoms with van der Waals surface area (Å²) in [5.74, 6) is 7.65. The van der Waals surface area contributed by atoms with Gasteiger partial charge in [0.25, 0.3) is 0 Å². The lowest BCUT2D eigenvalue weighted by molar-refractivity contribution is 0.252. The molecule has 2 heteroatoms. The summed E-state index contributed by atoms with van der Waals surface area (Å²) in [5, 5.41) is 0. The van der Waals surface area contributed by atoms with Crippen LogP contribution in [0, 0.1) is 24.7 Å². The van der Waals surface area contributed by atoms with Crippen LogP contribution in [0.15, 0.2) is 18.2 Å². The average molecular weight is 243 g/mol. The van der Waals surface area contributed by atoms with Gasteiger partial charge in [0, 0.05) is 5.56 Å². The monoisotopic (exact) mass is 243 g/mol. The molecule has 0 atom stereocenters. The van der Waals surface area contributed by atoms with E-state index in [-0.39, 0.29) is 0 Å². The highest BCUT2D eigenvalue weighted by molar-refractivity contribution is 5.44. The minimum Gasteiger partial charge on any atom is -0.493 e. The third-order valence-corrected chi connectivity index (χ3v) is 3.48. The Morgan fingerprint density at radius 3 is 2.78 bits per heavy atom. The van der Waals surface area contributed by atoms with Gasteiger partial charge in [-0.1, -0.05) is 24.7 Å². The number of rotatable bonds is 3. The second-order valence-corrected chi connectivity index (χ2v) is 4.94. The molecule has 1 aromatic rings.